The first kappa shape index (κ1) is 22.8. The van der Waals surface area contributed by atoms with Crippen molar-refractivity contribution in [3.8, 4) is 5.75 Å². The minimum Gasteiger partial charge on any atom is -0.355 e. The van der Waals surface area contributed by atoms with Gasteiger partial charge >= 0.3 is 0 Å². The summed E-state index contributed by atoms with van der Waals surface area (Å²) in [6.07, 6.45) is 3.05. The Bertz CT molecular complexity index is 1580. The normalized spacial score (nSPS) is 13.0. The molecule has 0 fully saturated rings. The second-order valence-corrected chi connectivity index (χ2v) is 8.93. The van der Waals surface area contributed by atoms with Crippen LogP contribution in [0.25, 0.3) is 22.1 Å². The zero-order chi connectivity index (χ0) is 24.7. The number of aromatic nitrogens is 6. The first-order valence-electron chi connectivity index (χ1n) is 12.0. The molecule has 5 rings (SSSR count). The van der Waals surface area contributed by atoms with Gasteiger partial charge in [-0.25, -0.2) is 4.68 Å². The molecule has 0 aliphatic heterocycles. The predicted molar refractivity (Wildman–Crippen MR) is 139 cm³/mol. The molecule has 35 heavy (non-hydrogen) atoms. The smallest absolute Gasteiger partial charge is 0.167 e. The van der Waals surface area contributed by atoms with E-state index in [9.17, 15) is 0 Å². The van der Waals surface area contributed by atoms with Crippen molar-refractivity contribution < 1.29 is 4.84 Å². The SMILES string of the molecule is C/C=C(\CC)C(c1c(C)c(C)c(C)c(C)c1On1nnc2ccccc21)n1nnc2ccccc21. The Morgan fingerprint density at radius 3 is 2.11 bits per heavy atom. The third kappa shape index (κ3) is 3.67. The van der Waals surface area contributed by atoms with Gasteiger partial charge in [0.15, 0.2) is 5.75 Å². The lowest BCUT2D eigenvalue weighted by atomic mass is 9.86. The van der Waals surface area contributed by atoms with Gasteiger partial charge in [-0.05, 0) is 98.3 Å². The van der Waals surface area contributed by atoms with Gasteiger partial charge in [0.25, 0.3) is 0 Å². The summed E-state index contributed by atoms with van der Waals surface area (Å²) in [5.74, 6) is 0.777. The van der Waals surface area contributed by atoms with E-state index < -0.39 is 0 Å². The standard InChI is InChI=1S/C28H30N6O/c1-7-21(8-2)27(33-24-15-11-9-13-22(24)29-31-33)26-19(5)17(3)18(4)20(6)28(26)35-34-25-16-12-10-14-23(25)30-32-34/h7,9-16,27H,8H2,1-6H3/b21-7+. The van der Waals surface area contributed by atoms with Crippen molar-refractivity contribution in [2.75, 3.05) is 0 Å². The fourth-order valence-corrected chi connectivity index (χ4v) is 4.85. The molecule has 0 amide bonds. The molecule has 1 atom stereocenters. The van der Waals surface area contributed by atoms with Gasteiger partial charge in [-0.3, -0.25) is 0 Å². The maximum Gasteiger partial charge on any atom is 0.167 e. The molecule has 0 saturated carbocycles. The zero-order valence-corrected chi connectivity index (χ0v) is 21.1. The molecule has 2 aromatic heterocycles. The van der Waals surface area contributed by atoms with Crippen LogP contribution >= 0.6 is 0 Å². The Balaban J connectivity index is 1.81. The third-order valence-electron chi connectivity index (χ3n) is 7.20. The predicted octanol–water partition coefficient (Wildman–Crippen LogP) is 6.20. The van der Waals surface area contributed by atoms with Crippen molar-refractivity contribution in [2.45, 2.75) is 54.0 Å². The summed E-state index contributed by atoms with van der Waals surface area (Å²) in [6, 6.07) is 15.7. The van der Waals surface area contributed by atoms with Crippen LogP contribution in [0.2, 0.25) is 0 Å². The Hall–Kier alpha value is -4.00. The Labute approximate surface area is 205 Å². The molecule has 0 bridgehead atoms. The van der Waals surface area contributed by atoms with Gasteiger partial charge in [-0.1, -0.05) is 47.3 Å². The van der Waals surface area contributed by atoms with Gasteiger partial charge in [0.05, 0.1) is 5.52 Å². The lowest BCUT2D eigenvalue weighted by Crippen LogP contribution is -2.20. The highest BCUT2D eigenvalue weighted by molar-refractivity contribution is 5.75. The summed E-state index contributed by atoms with van der Waals surface area (Å²) in [5.41, 5.74) is 10.4. The fourth-order valence-electron chi connectivity index (χ4n) is 4.85. The van der Waals surface area contributed by atoms with Crippen LogP contribution in [-0.2, 0) is 0 Å². The van der Waals surface area contributed by atoms with Crippen molar-refractivity contribution in [1.82, 2.24) is 30.2 Å². The van der Waals surface area contributed by atoms with Crippen LogP contribution in [0.1, 0.15) is 54.1 Å². The molecule has 0 spiro atoms. The molecule has 178 valence electrons. The zero-order valence-electron chi connectivity index (χ0n) is 21.1. The lowest BCUT2D eigenvalue weighted by molar-refractivity contribution is 0.179. The maximum absolute atomic E-state index is 6.59. The molecular formula is C28H30N6O. The molecule has 0 aliphatic rings. The van der Waals surface area contributed by atoms with E-state index >= 15 is 0 Å². The van der Waals surface area contributed by atoms with Crippen molar-refractivity contribution in [2.24, 2.45) is 0 Å². The summed E-state index contributed by atoms with van der Waals surface area (Å²) in [5, 5.41) is 17.7. The van der Waals surface area contributed by atoms with E-state index in [4.69, 9.17) is 4.84 Å². The van der Waals surface area contributed by atoms with Gasteiger partial charge in [0, 0.05) is 5.56 Å². The van der Waals surface area contributed by atoms with Crippen LogP contribution in [-0.4, -0.2) is 30.2 Å². The Morgan fingerprint density at radius 1 is 0.829 bits per heavy atom. The molecule has 7 nitrogen and oxygen atoms in total. The average molecular weight is 467 g/mol. The molecule has 1 unspecified atom stereocenters. The number of hydrogen-bond acceptors (Lipinski definition) is 5. The quantitative estimate of drug-likeness (QED) is 0.279. The van der Waals surface area contributed by atoms with Crippen molar-refractivity contribution in [3.05, 3.63) is 88.0 Å². The van der Waals surface area contributed by atoms with Crippen molar-refractivity contribution in [3.63, 3.8) is 0 Å². The summed E-state index contributed by atoms with van der Waals surface area (Å²) in [4.78, 5) is 8.12. The van der Waals surface area contributed by atoms with E-state index in [1.54, 1.807) is 0 Å². The maximum atomic E-state index is 6.59. The minimum atomic E-state index is -0.180. The summed E-state index contributed by atoms with van der Waals surface area (Å²) in [7, 11) is 0. The van der Waals surface area contributed by atoms with Crippen LogP contribution in [0.3, 0.4) is 0 Å². The number of fused-ring (bicyclic) bond motifs is 2. The van der Waals surface area contributed by atoms with Crippen LogP contribution in [0, 0.1) is 27.7 Å². The molecule has 0 saturated heterocycles. The molecular weight excluding hydrogens is 436 g/mol. The minimum absolute atomic E-state index is 0.180. The second-order valence-electron chi connectivity index (χ2n) is 8.93. The fraction of sp³-hybridized carbons (Fsp3) is 0.286. The molecule has 2 heterocycles. The number of allylic oxidation sites excluding steroid dienone is 2. The molecule has 0 aliphatic carbocycles. The summed E-state index contributed by atoms with van der Waals surface area (Å²) >= 11 is 0. The summed E-state index contributed by atoms with van der Waals surface area (Å²) < 4.78 is 2.02. The van der Waals surface area contributed by atoms with E-state index in [-0.39, 0.29) is 6.04 Å². The molecule has 0 radical (unpaired) electrons. The molecule has 7 heteroatoms. The topological polar surface area (TPSA) is 70.7 Å². The average Bonchev–Trinajstić information content (AvgIpc) is 3.50. The van der Waals surface area contributed by atoms with Gasteiger partial charge in [0.1, 0.15) is 22.6 Å². The van der Waals surface area contributed by atoms with Gasteiger partial charge < -0.3 is 4.84 Å². The number of rotatable bonds is 6. The first-order chi connectivity index (χ1) is 17.0. The molecule has 3 aromatic carbocycles. The number of nitrogens with zero attached hydrogens (tertiary/aromatic N) is 6. The number of para-hydroxylation sites is 2. The number of hydrogen-bond donors (Lipinski definition) is 0. The van der Waals surface area contributed by atoms with Crippen LogP contribution in [0.5, 0.6) is 5.75 Å². The first-order valence-corrected chi connectivity index (χ1v) is 12.0. The largest absolute Gasteiger partial charge is 0.355 e. The van der Waals surface area contributed by atoms with Gasteiger partial charge in [0.2, 0.25) is 0 Å². The molecule has 0 N–H and O–H groups in total. The van der Waals surface area contributed by atoms with E-state index in [2.05, 4.69) is 74.3 Å². The Kier molecular flexibility index (Phi) is 5.84. The van der Waals surface area contributed by atoms with Gasteiger partial charge in [-0.2, -0.15) is 0 Å². The van der Waals surface area contributed by atoms with Crippen LogP contribution in [0.4, 0.5) is 0 Å². The van der Waals surface area contributed by atoms with E-state index in [0.717, 1.165) is 45.4 Å². The van der Waals surface area contributed by atoms with Crippen LogP contribution in [0.15, 0.2) is 60.2 Å². The van der Waals surface area contributed by atoms with E-state index in [1.165, 1.54) is 27.1 Å². The Morgan fingerprint density at radius 2 is 1.43 bits per heavy atom. The monoisotopic (exact) mass is 466 g/mol. The van der Waals surface area contributed by atoms with E-state index in [1.807, 2.05) is 47.1 Å². The van der Waals surface area contributed by atoms with Crippen molar-refractivity contribution >= 4 is 22.1 Å². The van der Waals surface area contributed by atoms with E-state index in [0.29, 0.717) is 0 Å². The molecule has 5 aromatic rings. The van der Waals surface area contributed by atoms with Crippen LogP contribution < -0.4 is 4.84 Å². The lowest BCUT2D eigenvalue weighted by Gasteiger charge is -2.28. The summed E-state index contributed by atoms with van der Waals surface area (Å²) in [6.45, 7) is 12.9. The van der Waals surface area contributed by atoms with Gasteiger partial charge in [-0.15, -0.1) is 10.2 Å². The van der Waals surface area contributed by atoms with Crippen molar-refractivity contribution in [1.29, 1.82) is 0 Å². The number of benzene rings is 3. The third-order valence-corrected chi connectivity index (χ3v) is 7.20. The highest BCUT2D eigenvalue weighted by Gasteiger charge is 2.30. The second kappa shape index (κ2) is 8.98. The highest BCUT2D eigenvalue weighted by Crippen LogP contribution is 2.42. The highest BCUT2D eigenvalue weighted by atomic mass is 16.7.